The lowest BCUT2D eigenvalue weighted by molar-refractivity contribution is -0.136. The first-order chi connectivity index (χ1) is 9.08. The zero-order valence-electron chi connectivity index (χ0n) is 12.5. The van der Waals surface area contributed by atoms with Crippen LogP contribution in [0.3, 0.4) is 0 Å². The molecule has 0 spiro atoms. The highest BCUT2D eigenvalue weighted by molar-refractivity contribution is 5.81. The van der Waals surface area contributed by atoms with Crippen molar-refractivity contribution < 1.29 is 14.3 Å². The van der Waals surface area contributed by atoms with Crippen molar-refractivity contribution in [3.8, 4) is 6.07 Å². The van der Waals surface area contributed by atoms with Gasteiger partial charge in [0.25, 0.3) is 0 Å². The number of nitrogens with zero attached hydrogens (tertiary/aromatic N) is 2. The van der Waals surface area contributed by atoms with E-state index >= 15 is 0 Å². The highest BCUT2D eigenvalue weighted by Gasteiger charge is 2.26. The smallest absolute Gasteiger partial charge is 0.240 e. The van der Waals surface area contributed by atoms with E-state index in [0.717, 1.165) is 0 Å². The molecule has 5 nitrogen and oxygen atoms in total. The van der Waals surface area contributed by atoms with Crippen LogP contribution in [0.4, 0.5) is 0 Å². The van der Waals surface area contributed by atoms with Crippen LogP contribution in [0.2, 0.25) is 0 Å². The number of carbonyl (C=O) groups is 1. The van der Waals surface area contributed by atoms with Gasteiger partial charge in [-0.2, -0.15) is 5.26 Å². The second-order valence-electron chi connectivity index (χ2n) is 4.57. The van der Waals surface area contributed by atoms with Gasteiger partial charge in [0.1, 0.15) is 5.92 Å². The normalized spacial score (nSPS) is 12.2. The summed E-state index contributed by atoms with van der Waals surface area (Å²) in [5, 5.41) is 9.10. The summed E-state index contributed by atoms with van der Waals surface area (Å²) in [6.07, 6.45) is 0. The van der Waals surface area contributed by atoms with E-state index in [2.05, 4.69) is 6.07 Å². The predicted molar refractivity (Wildman–Crippen MR) is 73.5 cm³/mol. The van der Waals surface area contributed by atoms with E-state index in [1.54, 1.807) is 4.90 Å². The summed E-state index contributed by atoms with van der Waals surface area (Å²) in [7, 11) is 0. The third kappa shape index (κ3) is 7.14. The van der Waals surface area contributed by atoms with Crippen LogP contribution in [0.15, 0.2) is 0 Å². The van der Waals surface area contributed by atoms with Crippen molar-refractivity contribution >= 4 is 5.91 Å². The molecule has 0 aliphatic heterocycles. The lowest BCUT2D eigenvalue weighted by Gasteiger charge is -2.26. The van der Waals surface area contributed by atoms with E-state index in [0.29, 0.717) is 39.5 Å². The minimum atomic E-state index is -0.594. The fourth-order valence-corrected chi connectivity index (χ4v) is 1.66. The second kappa shape index (κ2) is 10.8. The Balaban J connectivity index is 4.51. The van der Waals surface area contributed by atoms with E-state index in [1.165, 1.54) is 0 Å². The maximum atomic E-state index is 12.3. The van der Waals surface area contributed by atoms with Crippen molar-refractivity contribution in [3.05, 3.63) is 0 Å². The largest absolute Gasteiger partial charge is 0.380 e. The van der Waals surface area contributed by atoms with Crippen molar-refractivity contribution in [2.24, 2.45) is 11.8 Å². The number of hydrogen-bond acceptors (Lipinski definition) is 4. The molecular formula is C14H26N2O3. The fourth-order valence-electron chi connectivity index (χ4n) is 1.66. The molecule has 0 aromatic carbocycles. The van der Waals surface area contributed by atoms with Crippen LogP contribution in [-0.4, -0.2) is 50.3 Å². The molecule has 0 aromatic rings. The Morgan fingerprint density at radius 2 is 1.63 bits per heavy atom. The first-order valence-corrected chi connectivity index (χ1v) is 6.92. The van der Waals surface area contributed by atoms with Gasteiger partial charge in [-0.1, -0.05) is 13.8 Å². The van der Waals surface area contributed by atoms with E-state index in [9.17, 15) is 4.79 Å². The molecule has 0 rings (SSSR count). The van der Waals surface area contributed by atoms with Crippen LogP contribution >= 0.6 is 0 Å². The van der Waals surface area contributed by atoms with E-state index in [1.807, 2.05) is 27.7 Å². The molecule has 0 aliphatic carbocycles. The van der Waals surface area contributed by atoms with Crippen molar-refractivity contribution in [1.82, 2.24) is 4.90 Å². The molecule has 19 heavy (non-hydrogen) atoms. The first-order valence-electron chi connectivity index (χ1n) is 6.92. The Bertz CT molecular complexity index is 277. The summed E-state index contributed by atoms with van der Waals surface area (Å²) in [6, 6.07) is 2.09. The molecule has 1 amide bonds. The molecule has 1 unspecified atom stereocenters. The number of carbonyl (C=O) groups excluding carboxylic acids is 1. The summed E-state index contributed by atoms with van der Waals surface area (Å²) in [5.74, 6) is -0.709. The molecule has 0 N–H and O–H groups in total. The summed E-state index contributed by atoms with van der Waals surface area (Å²) in [4.78, 5) is 14.0. The Hall–Kier alpha value is -1.12. The fraction of sp³-hybridized carbons (Fsp3) is 0.857. The molecular weight excluding hydrogens is 244 g/mol. The molecule has 0 bridgehead atoms. The molecule has 5 heteroatoms. The Labute approximate surface area is 116 Å². The molecule has 1 atom stereocenters. The SMILES string of the molecule is CCOCCN(CCOCC)C(=O)C(C#N)C(C)C. The number of amides is 1. The van der Waals surface area contributed by atoms with Crippen molar-refractivity contribution in [2.75, 3.05) is 39.5 Å². The average Bonchev–Trinajstić information content (AvgIpc) is 2.37. The summed E-state index contributed by atoms with van der Waals surface area (Å²) in [6.45, 7) is 10.8. The average molecular weight is 270 g/mol. The lowest BCUT2D eigenvalue weighted by atomic mass is 9.96. The van der Waals surface area contributed by atoms with Crippen LogP contribution in [0.25, 0.3) is 0 Å². The van der Waals surface area contributed by atoms with Gasteiger partial charge in [-0.05, 0) is 19.8 Å². The number of ether oxygens (including phenoxy) is 2. The maximum absolute atomic E-state index is 12.3. The Kier molecular flexibility index (Phi) is 10.1. The molecule has 0 radical (unpaired) electrons. The zero-order chi connectivity index (χ0) is 14.7. The van der Waals surface area contributed by atoms with Crippen LogP contribution in [0.1, 0.15) is 27.7 Å². The molecule has 0 saturated carbocycles. The number of nitriles is 1. The minimum Gasteiger partial charge on any atom is -0.380 e. The van der Waals surface area contributed by atoms with Crippen LogP contribution in [0.5, 0.6) is 0 Å². The zero-order valence-corrected chi connectivity index (χ0v) is 12.5. The van der Waals surface area contributed by atoms with Gasteiger partial charge in [-0.25, -0.2) is 0 Å². The standard InChI is InChI=1S/C14H26N2O3/c1-5-18-9-7-16(8-10-19-6-2)14(17)13(11-15)12(3)4/h12-13H,5-10H2,1-4H3. The van der Waals surface area contributed by atoms with Crippen molar-refractivity contribution in [2.45, 2.75) is 27.7 Å². The van der Waals surface area contributed by atoms with Gasteiger partial charge in [-0.15, -0.1) is 0 Å². The Morgan fingerprint density at radius 3 is 1.95 bits per heavy atom. The van der Waals surface area contributed by atoms with Gasteiger partial charge in [0.05, 0.1) is 19.3 Å². The lowest BCUT2D eigenvalue weighted by Crippen LogP contribution is -2.41. The third-order valence-corrected chi connectivity index (χ3v) is 2.80. The predicted octanol–water partition coefficient (Wildman–Crippen LogP) is 1.68. The maximum Gasteiger partial charge on any atom is 0.240 e. The molecule has 0 fully saturated rings. The third-order valence-electron chi connectivity index (χ3n) is 2.80. The van der Waals surface area contributed by atoms with Crippen LogP contribution in [0, 0.1) is 23.2 Å². The van der Waals surface area contributed by atoms with Gasteiger partial charge >= 0.3 is 0 Å². The van der Waals surface area contributed by atoms with E-state index in [-0.39, 0.29) is 11.8 Å². The van der Waals surface area contributed by atoms with Gasteiger partial charge in [0.15, 0.2) is 0 Å². The summed E-state index contributed by atoms with van der Waals surface area (Å²) in [5.41, 5.74) is 0. The highest BCUT2D eigenvalue weighted by Crippen LogP contribution is 2.13. The summed E-state index contributed by atoms with van der Waals surface area (Å²) >= 11 is 0. The molecule has 0 saturated heterocycles. The van der Waals surface area contributed by atoms with Gasteiger partial charge in [0, 0.05) is 26.3 Å². The summed E-state index contributed by atoms with van der Waals surface area (Å²) < 4.78 is 10.6. The van der Waals surface area contributed by atoms with E-state index < -0.39 is 5.92 Å². The van der Waals surface area contributed by atoms with Gasteiger partial charge in [-0.3, -0.25) is 4.79 Å². The quantitative estimate of drug-likeness (QED) is 0.567. The van der Waals surface area contributed by atoms with Crippen LogP contribution < -0.4 is 0 Å². The second-order valence-corrected chi connectivity index (χ2v) is 4.57. The highest BCUT2D eigenvalue weighted by atomic mass is 16.5. The molecule has 0 aliphatic rings. The molecule has 0 heterocycles. The van der Waals surface area contributed by atoms with Crippen LogP contribution in [-0.2, 0) is 14.3 Å². The van der Waals surface area contributed by atoms with Crippen molar-refractivity contribution in [3.63, 3.8) is 0 Å². The van der Waals surface area contributed by atoms with E-state index in [4.69, 9.17) is 14.7 Å². The Morgan fingerprint density at radius 1 is 1.16 bits per heavy atom. The monoisotopic (exact) mass is 270 g/mol. The first kappa shape index (κ1) is 17.9. The number of hydrogen-bond donors (Lipinski definition) is 0. The molecule has 0 aromatic heterocycles. The minimum absolute atomic E-state index is 0.0131. The van der Waals surface area contributed by atoms with Gasteiger partial charge < -0.3 is 14.4 Å². The molecule has 110 valence electrons. The van der Waals surface area contributed by atoms with Crippen molar-refractivity contribution in [1.29, 1.82) is 5.26 Å². The topological polar surface area (TPSA) is 62.6 Å². The number of rotatable bonds is 10. The van der Waals surface area contributed by atoms with Gasteiger partial charge in [0.2, 0.25) is 5.91 Å².